The van der Waals surface area contributed by atoms with E-state index < -0.39 is 5.97 Å². The van der Waals surface area contributed by atoms with Gasteiger partial charge in [-0.15, -0.1) is 0 Å². The Morgan fingerprint density at radius 3 is 2.40 bits per heavy atom. The van der Waals surface area contributed by atoms with Gasteiger partial charge in [-0.1, -0.05) is 18.2 Å². The van der Waals surface area contributed by atoms with Gasteiger partial charge in [0, 0.05) is 25.8 Å². The molecule has 0 saturated carbocycles. The SMILES string of the molecule is CN(C)c1ccc(C=O)c(OC(=O)c2ccccc2)c1. The summed E-state index contributed by atoms with van der Waals surface area (Å²) in [5.74, 6) is -0.218. The molecule has 4 heteroatoms. The molecule has 20 heavy (non-hydrogen) atoms. The van der Waals surface area contributed by atoms with Gasteiger partial charge in [-0.05, 0) is 24.3 Å². The second kappa shape index (κ2) is 6.02. The summed E-state index contributed by atoms with van der Waals surface area (Å²) in [6, 6.07) is 13.8. The van der Waals surface area contributed by atoms with Gasteiger partial charge in [-0.25, -0.2) is 4.79 Å². The zero-order chi connectivity index (χ0) is 14.5. The fourth-order valence-electron chi connectivity index (χ4n) is 1.72. The first-order valence-electron chi connectivity index (χ1n) is 6.15. The largest absolute Gasteiger partial charge is 0.422 e. The van der Waals surface area contributed by atoms with Crippen molar-refractivity contribution in [2.75, 3.05) is 19.0 Å². The first kappa shape index (κ1) is 13.8. The van der Waals surface area contributed by atoms with E-state index in [1.54, 1.807) is 42.5 Å². The quantitative estimate of drug-likeness (QED) is 0.486. The topological polar surface area (TPSA) is 46.6 Å². The van der Waals surface area contributed by atoms with Crippen LogP contribution in [0.15, 0.2) is 48.5 Å². The van der Waals surface area contributed by atoms with Gasteiger partial charge in [0.15, 0.2) is 6.29 Å². The summed E-state index contributed by atoms with van der Waals surface area (Å²) in [5.41, 5.74) is 1.64. The molecule has 0 fully saturated rings. The Kier molecular flexibility index (Phi) is 4.15. The van der Waals surface area contributed by atoms with Crippen LogP contribution in [0.1, 0.15) is 20.7 Å². The van der Waals surface area contributed by atoms with Gasteiger partial charge < -0.3 is 9.64 Å². The van der Waals surface area contributed by atoms with Gasteiger partial charge in [-0.3, -0.25) is 4.79 Å². The van der Waals surface area contributed by atoms with E-state index in [1.165, 1.54) is 0 Å². The zero-order valence-electron chi connectivity index (χ0n) is 11.4. The van der Waals surface area contributed by atoms with Crippen LogP contribution in [-0.2, 0) is 0 Å². The molecule has 2 aromatic carbocycles. The molecule has 2 aromatic rings. The summed E-state index contributed by atoms with van der Waals surface area (Å²) in [6.07, 6.45) is 0.674. The van der Waals surface area contributed by atoms with Crippen LogP contribution in [0.3, 0.4) is 0 Å². The molecule has 0 saturated heterocycles. The number of esters is 1. The van der Waals surface area contributed by atoms with Crippen molar-refractivity contribution in [1.82, 2.24) is 0 Å². The van der Waals surface area contributed by atoms with Crippen LogP contribution in [0, 0.1) is 0 Å². The van der Waals surface area contributed by atoms with Gasteiger partial charge in [0.2, 0.25) is 0 Å². The van der Waals surface area contributed by atoms with Crippen LogP contribution < -0.4 is 9.64 Å². The number of nitrogens with zero attached hydrogens (tertiary/aromatic N) is 1. The van der Waals surface area contributed by atoms with E-state index in [0.29, 0.717) is 17.4 Å². The molecule has 2 rings (SSSR count). The van der Waals surface area contributed by atoms with Crippen molar-refractivity contribution in [1.29, 1.82) is 0 Å². The second-order valence-corrected chi connectivity index (χ2v) is 4.49. The average molecular weight is 269 g/mol. The molecule has 0 unspecified atom stereocenters. The lowest BCUT2D eigenvalue weighted by molar-refractivity contribution is 0.0733. The number of hydrogen-bond donors (Lipinski definition) is 0. The zero-order valence-corrected chi connectivity index (χ0v) is 11.4. The highest BCUT2D eigenvalue weighted by atomic mass is 16.5. The highest BCUT2D eigenvalue weighted by Gasteiger charge is 2.12. The first-order chi connectivity index (χ1) is 9.61. The van der Waals surface area contributed by atoms with Crippen molar-refractivity contribution in [2.45, 2.75) is 0 Å². The molecular weight excluding hydrogens is 254 g/mol. The number of ether oxygens (including phenoxy) is 1. The summed E-state index contributed by atoms with van der Waals surface area (Å²) in [4.78, 5) is 24.9. The van der Waals surface area contributed by atoms with Gasteiger partial charge in [0.05, 0.1) is 11.1 Å². The predicted octanol–water partition coefficient (Wildman–Crippen LogP) is 2.78. The third-order valence-electron chi connectivity index (χ3n) is 2.85. The van der Waals surface area contributed by atoms with E-state index in [4.69, 9.17) is 4.74 Å². The van der Waals surface area contributed by atoms with Crippen molar-refractivity contribution in [3.05, 3.63) is 59.7 Å². The maximum atomic E-state index is 12.0. The van der Waals surface area contributed by atoms with Crippen molar-refractivity contribution < 1.29 is 14.3 Å². The number of carbonyl (C=O) groups excluding carboxylic acids is 2. The molecule has 4 nitrogen and oxygen atoms in total. The number of benzene rings is 2. The molecule has 102 valence electrons. The summed E-state index contributed by atoms with van der Waals surface area (Å²) in [6.45, 7) is 0. The van der Waals surface area contributed by atoms with Crippen LogP contribution >= 0.6 is 0 Å². The number of rotatable bonds is 4. The Hall–Kier alpha value is -2.62. The minimum atomic E-state index is -0.482. The lowest BCUT2D eigenvalue weighted by Gasteiger charge is -2.14. The Morgan fingerprint density at radius 2 is 1.80 bits per heavy atom. The minimum Gasteiger partial charge on any atom is -0.422 e. The maximum Gasteiger partial charge on any atom is 0.343 e. The standard InChI is InChI=1S/C16H15NO3/c1-17(2)14-9-8-13(11-18)15(10-14)20-16(19)12-6-4-3-5-7-12/h3-11H,1-2H3. The molecule has 0 aliphatic rings. The highest BCUT2D eigenvalue weighted by Crippen LogP contribution is 2.24. The molecular formula is C16H15NO3. The van der Waals surface area contributed by atoms with Crippen LogP contribution in [0.4, 0.5) is 5.69 Å². The van der Waals surface area contributed by atoms with E-state index in [-0.39, 0.29) is 5.75 Å². The Bertz CT molecular complexity index is 621. The molecule has 0 amide bonds. The lowest BCUT2D eigenvalue weighted by atomic mass is 10.2. The number of hydrogen-bond acceptors (Lipinski definition) is 4. The Morgan fingerprint density at radius 1 is 1.10 bits per heavy atom. The van der Waals surface area contributed by atoms with Crippen molar-refractivity contribution in [3.63, 3.8) is 0 Å². The predicted molar refractivity (Wildman–Crippen MR) is 77.6 cm³/mol. The van der Waals surface area contributed by atoms with Crippen molar-refractivity contribution in [2.24, 2.45) is 0 Å². The smallest absolute Gasteiger partial charge is 0.343 e. The van der Waals surface area contributed by atoms with E-state index >= 15 is 0 Å². The number of anilines is 1. The summed E-state index contributed by atoms with van der Waals surface area (Å²) >= 11 is 0. The van der Waals surface area contributed by atoms with Gasteiger partial charge >= 0.3 is 5.97 Å². The molecule has 0 heterocycles. The number of carbonyl (C=O) groups is 2. The summed E-state index contributed by atoms with van der Waals surface area (Å²) in [5, 5.41) is 0. The molecule has 0 spiro atoms. The lowest BCUT2D eigenvalue weighted by Crippen LogP contribution is -2.12. The van der Waals surface area contributed by atoms with Crippen LogP contribution in [0.5, 0.6) is 5.75 Å². The van der Waals surface area contributed by atoms with Gasteiger partial charge in [-0.2, -0.15) is 0 Å². The van der Waals surface area contributed by atoms with Gasteiger partial charge in [0.1, 0.15) is 5.75 Å². The molecule has 0 N–H and O–H groups in total. The van der Waals surface area contributed by atoms with E-state index in [9.17, 15) is 9.59 Å². The van der Waals surface area contributed by atoms with E-state index in [2.05, 4.69) is 0 Å². The second-order valence-electron chi connectivity index (χ2n) is 4.49. The monoisotopic (exact) mass is 269 g/mol. The number of aldehydes is 1. The molecule has 0 aliphatic carbocycles. The molecule has 0 aliphatic heterocycles. The third-order valence-corrected chi connectivity index (χ3v) is 2.85. The molecule has 0 aromatic heterocycles. The third kappa shape index (κ3) is 3.03. The first-order valence-corrected chi connectivity index (χ1v) is 6.15. The van der Waals surface area contributed by atoms with E-state index in [1.807, 2.05) is 25.1 Å². The van der Waals surface area contributed by atoms with Crippen LogP contribution in [0.2, 0.25) is 0 Å². The highest BCUT2D eigenvalue weighted by molar-refractivity contribution is 5.92. The van der Waals surface area contributed by atoms with E-state index in [0.717, 1.165) is 5.69 Å². The average Bonchev–Trinajstić information content (AvgIpc) is 2.48. The van der Waals surface area contributed by atoms with Crippen LogP contribution in [0.25, 0.3) is 0 Å². The molecule has 0 bridgehead atoms. The van der Waals surface area contributed by atoms with Crippen molar-refractivity contribution >= 4 is 17.9 Å². The van der Waals surface area contributed by atoms with Crippen molar-refractivity contribution in [3.8, 4) is 5.75 Å². The fraction of sp³-hybridized carbons (Fsp3) is 0.125. The Labute approximate surface area is 117 Å². The minimum absolute atomic E-state index is 0.264. The summed E-state index contributed by atoms with van der Waals surface area (Å²) < 4.78 is 5.32. The molecule has 0 atom stereocenters. The fourth-order valence-corrected chi connectivity index (χ4v) is 1.72. The Balaban J connectivity index is 2.30. The summed E-state index contributed by atoms with van der Waals surface area (Å²) in [7, 11) is 3.75. The van der Waals surface area contributed by atoms with Gasteiger partial charge in [0.25, 0.3) is 0 Å². The maximum absolute atomic E-state index is 12.0. The normalized spacial score (nSPS) is 9.90. The molecule has 0 radical (unpaired) electrons. The van der Waals surface area contributed by atoms with Crippen LogP contribution in [-0.4, -0.2) is 26.4 Å².